The Labute approximate surface area is 74.3 Å². The van der Waals surface area contributed by atoms with Gasteiger partial charge in [-0.3, -0.25) is 0 Å². The van der Waals surface area contributed by atoms with Crippen molar-refractivity contribution in [2.75, 3.05) is 5.75 Å². The van der Waals surface area contributed by atoms with Gasteiger partial charge in [0, 0.05) is 11.8 Å². The lowest BCUT2D eigenvalue weighted by atomic mass is 9.96. The minimum absolute atomic E-state index is 0.102. The summed E-state index contributed by atoms with van der Waals surface area (Å²) < 4.78 is 22.9. The van der Waals surface area contributed by atoms with Crippen LogP contribution in [0, 0.1) is 0 Å². The van der Waals surface area contributed by atoms with Gasteiger partial charge in [0.1, 0.15) is 0 Å². The van der Waals surface area contributed by atoms with E-state index in [2.05, 4.69) is 0 Å². The van der Waals surface area contributed by atoms with E-state index in [1.54, 1.807) is 6.92 Å². The third-order valence-electron chi connectivity index (χ3n) is 2.58. The predicted molar refractivity (Wildman–Crippen MR) is 49.7 cm³/mol. The van der Waals surface area contributed by atoms with Crippen LogP contribution < -0.4 is 5.73 Å². The molecule has 2 atom stereocenters. The smallest absolute Gasteiger partial charge is 0.152 e. The van der Waals surface area contributed by atoms with Gasteiger partial charge in [-0.2, -0.15) is 0 Å². The summed E-state index contributed by atoms with van der Waals surface area (Å²) in [6, 6.07) is 0.102. The zero-order valence-corrected chi connectivity index (χ0v) is 8.31. The van der Waals surface area contributed by atoms with Gasteiger partial charge in [0.05, 0.1) is 5.25 Å². The maximum atomic E-state index is 11.4. The van der Waals surface area contributed by atoms with E-state index in [-0.39, 0.29) is 17.0 Å². The first-order valence-electron chi connectivity index (χ1n) is 4.53. The molecule has 2 N–H and O–H groups in total. The van der Waals surface area contributed by atoms with Gasteiger partial charge in [-0.15, -0.1) is 0 Å². The third kappa shape index (κ3) is 2.20. The predicted octanol–water partition coefficient (Wildman–Crippen LogP) is 0.691. The number of nitrogens with two attached hydrogens (primary N) is 1. The second-order valence-electron chi connectivity index (χ2n) is 3.50. The van der Waals surface area contributed by atoms with E-state index in [0.717, 1.165) is 19.3 Å². The molecule has 0 aromatic carbocycles. The van der Waals surface area contributed by atoms with Gasteiger partial charge in [-0.25, -0.2) is 8.42 Å². The first kappa shape index (κ1) is 9.99. The van der Waals surface area contributed by atoms with E-state index < -0.39 is 9.84 Å². The van der Waals surface area contributed by atoms with Crippen LogP contribution in [0.4, 0.5) is 0 Å². The molecule has 12 heavy (non-hydrogen) atoms. The highest BCUT2D eigenvalue weighted by atomic mass is 32.2. The fourth-order valence-corrected chi connectivity index (χ4v) is 3.28. The Morgan fingerprint density at radius 1 is 1.42 bits per heavy atom. The van der Waals surface area contributed by atoms with Crippen molar-refractivity contribution >= 4 is 9.84 Å². The maximum Gasteiger partial charge on any atom is 0.152 e. The highest BCUT2D eigenvalue weighted by Crippen LogP contribution is 2.23. The molecule has 0 heterocycles. The lowest BCUT2D eigenvalue weighted by Gasteiger charge is -2.25. The minimum atomic E-state index is -2.83. The number of hydrogen-bond donors (Lipinski definition) is 1. The summed E-state index contributed by atoms with van der Waals surface area (Å²) in [4.78, 5) is 0. The molecule has 72 valence electrons. The van der Waals surface area contributed by atoms with Crippen LogP contribution in [-0.4, -0.2) is 25.5 Å². The standard InChI is InChI=1S/C8H17NO2S/c1-2-12(10,11)8-5-3-4-7(9)6-8/h7-8H,2-6,9H2,1H3. The summed E-state index contributed by atoms with van der Waals surface area (Å²) in [6.07, 6.45) is 3.42. The van der Waals surface area contributed by atoms with Crippen LogP contribution in [0.15, 0.2) is 0 Å². The summed E-state index contributed by atoms with van der Waals surface area (Å²) in [5.74, 6) is 0.254. The molecule has 0 radical (unpaired) electrons. The first-order valence-corrected chi connectivity index (χ1v) is 6.25. The molecule has 0 bridgehead atoms. The van der Waals surface area contributed by atoms with Gasteiger partial charge in [0.15, 0.2) is 9.84 Å². The van der Waals surface area contributed by atoms with Crippen molar-refractivity contribution in [3.63, 3.8) is 0 Å². The molecule has 1 aliphatic rings. The van der Waals surface area contributed by atoms with Crippen molar-refractivity contribution in [2.45, 2.75) is 43.9 Å². The Balaban J connectivity index is 2.63. The van der Waals surface area contributed by atoms with Crippen LogP contribution in [0.1, 0.15) is 32.6 Å². The fourth-order valence-electron chi connectivity index (χ4n) is 1.74. The molecule has 1 fully saturated rings. The second-order valence-corrected chi connectivity index (χ2v) is 6.07. The van der Waals surface area contributed by atoms with Gasteiger partial charge in [-0.1, -0.05) is 13.3 Å². The highest BCUT2D eigenvalue weighted by Gasteiger charge is 2.28. The van der Waals surface area contributed by atoms with Crippen LogP contribution in [-0.2, 0) is 9.84 Å². The van der Waals surface area contributed by atoms with Gasteiger partial charge >= 0.3 is 0 Å². The quantitative estimate of drug-likeness (QED) is 0.698. The van der Waals surface area contributed by atoms with Crippen LogP contribution in [0.5, 0.6) is 0 Å². The lowest BCUT2D eigenvalue weighted by molar-refractivity contribution is 0.433. The Kier molecular flexibility index (Phi) is 3.12. The molecular formula is C8H17NO2S. The van der Waals surface area contributed by atoms with Gasteiger partial charge in [0.2, 0.25) is 0 Å². The molecule has 0 saturated heterocycles. The molecule has 0 amide bonds. The average Bonchev–Trinajstić information content (AvgIpc) is 2.05. The van der Waals surface area contributed by atoms with Crippen molar-refractivity contribution in [1.82, 2.24) is 0 Å². The Hall–Kier alpha value is -0.0900. The van der Waals surface area contributed by atoms with E-state index in [0.29, 0.717) is 6.42 Å². The average molecular weight is 191 g/mol. The van der Waals surface area contributed by atoms with E-state index in [1.807, 2.05) is 0 Å². The molecule has 2 unspecified atom stereocenters. The highest BCUT2D eigenvalue weighted by molar-refractivity contribution is 7.92. The van der Waals surface area contributed by atoms with Gasteiger partial charge in [-0.05, 0) is 19.3 Å². The fraction of sp³-hybridized carbons (Fsp3) is 1.00. The SMILES string of the molecule is CCS(=O)(=O)C1CCCC(N)C1. The number of rotatable bonds is 2. The van der Waals surface area contributed by atoms with E-state index >= 15 is 0 Å². The van der Waals surface area contributed by atoms with Gasteiger partial charge in [0.25, 0.3) is 0 Å². The Morgan fingerprint density at radius 2 is 2.08 bits per heavy atom. The second kappa shape index (κ2) is 3.75. The molecule has 0 aromatic heterocycles. The summed E-state index contributed by atoms with van der Waals surface area (Å²) in [7, 11) is -2.83. The van der Waals surface area contributed by atoms with Crippen LogP contribution in [0.25, 0.3) is 0 Å². The zero-order valence-electron chi connectivity index (χ0n) is 7.49. The van der Waals surface area contributed by atoms with E-state index in [4.69, 9.17) is 5.73 Å². The molecule has 1 rings (SSSR count). The molecule has 0 aliphatic heterocycles. The van der Waals surface area contributed by atoms with E-state index in [1.165, 1.54) is 0 Å². The third-order valence-corrected chi connectivity index (χ3v) is 4.83. The molecular weight excluding hydrogens is 174 g/mol. The van der Waals surface area contributed by atoms with Crippen molar-refractivity contribution in [1.29, 1.82) is 0 Å². The largest absolute Gasteiger partial charge is 0.328 e. The van der Waals surface area contributed by atoms with Crippen molar-refractivity contribution in [3.05, 3.63) is 0 Å². The Bertz CT molecular complexity index is 235. The zero-order chi connectivity index (χ0) is 9.19. The molecule has 0 spiro atoms. The van der Waals surface area contributed by atoms with Crippen LogP contribution >= 0.6 is 0 Å². The molecule has 0 aromatic rings. The number of sulfone groups is 1. The van der Waals surface area contributed by atoms with Crippen molar-refractivity contribution in [3.8, 4) is 0 Å². The monoisotopic (exact) mass is 191 g/mol. The van der Waals surface area contributed by atoms with Crippen molar-refractivity contribution < 1.29 is 8.42 Å². The van der Waals surface area contributed by atoms with Crippen LogP contribution in [0.3, 0.4) is 0 Å². The number of hydrogen-bond acceptors (Lipinski definition) is 3. The molecule has 4 heteroatoms. The molecule has 1 saturated carbocycles. The van der Waals surface area contributed by atoms with Crippen molar-refractivity contribution in [2.24, 2.45) is 5.73 Å². The summed E-state index contributed by atoms with van der Waals surface area (Å²) in [5, 5.41) is -0.161. The topological polar surface area (TPSA) is 60.2 Å². The lowest BCUT2D eigenvalue weighted by Crippen LogP contribution is -2.35. The first-order chi connectivity index (χ1) is 5.56. The van der Waals surface area contributed by atoms with E-state index in [9.17, 15) is 8.42 Å². The normalized spacial score (nSPS) is 31.8. The molecule has 3 nitrogen and oxygen atoms in total. The van der Waals surface area contributed by atoms with Crippen LogP contribution in [0.2, 0.25) is 0 Å². The summed E-state index contributed by atoms with van der Waals surface area (Å²) in [5.41, 5.74) is 5.71. The molecule has 1 aliphatic carbocycles. The minimum Gasteiger partial charge on any atom is -0.328 e. The maximum absolute atomic E-state index is 11.4. The van der Waals surface area contributed by atoms with Gasteiger partial charge < -0.3 is 5.73 Å². The summed E-state index contributed by atoms with van der Waals surface area (Å²) in [6.45, 7) is 1.70. The summed E-state index contributed by atoms with van der Waals surface area (Å²) >= 11 is 0. The Morgan fingerprint density at radius 3 is 2.58 bits per heavy atom.